The van der Waals surface area contributed by atoms with E-state index in [2.05, 4.69) is 18.7 Å². The van der Waals surface area contributed by atoms with Crippen molar-refractivity contribution in [3.63, 3.8) is 0 Å². The smallest absolute Gasteiger partial charge is 0.261 e. The molecule has 1 amide bonds. The van der Waals surface area contributed by atoms with Gasteiger partial charge in [0.25, 0.3) is 5.91 Å². The lowest BCUT2D eigenvalue weighted by Crippen LogP contribution is -2.43. The summed E-state index contributed by atoms with van der Waals surface area (Å²) in [5.74, 6) is -0.241. The molecule has 1 unspecified atom stereocenters. The molecule has 1 aliphatic heterocycles. The molecule has 1 atom stereocenters. The highest BCUT2D eigenvalue weighted by Crippen LogP contribution is 2.22. The first-order chi connectivity index (χ1) is 14.8. The number of hydrogen-bond donors (Lipinski definition) is 0. The summed E-state index contributed by atoms with van der Waals surface area (Å²) in [4.78, 5) is 16.8. The lowest BCUT2D eigenvalue weighted by Gasteiger charge is -2.29. The zero-order valence-corrected chi connectivity index (χ0v) is 18.8. The molecule has 168 valence electrons. The van der Waals surface area contributed by atoms with E-state index < -0.39 is 9.84 Å². The second-order valence-electron chi connectivity index (χ2n) is 7.66. The maximum absolute atomic E-state index is 13.1. The number of sulfone groups is 1. The Morgan fingerprint density at radius 2 is 1.71 bits per heavy atom. The van der Waals surface area contributed by atoms with E-state index in [0.29, 0.717) is 18.7 Å². The molecule has 1 aliphatic rings. The van der Waals surface area contributed by atoms with Crippen LogP contribution in [-0.2, 0) is 21.2 Å². The van der Waals surface area contributed by atoms with Crippen molar-refractivity contribution in [3.8, 4) is 5.75 Å². The predicted octanol–water partition coefficient (Wildman–Crippen LogP) is 3.27. The average molecular weight is 449 g/mol. The van der Waals surface area contributed by atoms with E-state index in [0.717, 1.165) is 24.3 Å². The van der Waals surface area contributed by atoms with Crippen molar-refractivity contribution in [2.45, 2.75) is 32.9 Å². The van der Waals surface area contributed by atoms with Gasteiger partial charge in [0.15, 0.2) is 16.4 Å². The number of rotatable bonds is 9. The largest absolute Gasteiger partial charge is 0.484 e. The molecule has 1 saturated heterocycles. The minimum Gasteiger partial charge on any atom is -0.484 e. The Morgan fingerprint density at radius 3 is 2.26 bits per heavy atom. The molecule has 0 radical (unpaired) electrons. The lowest BCUT2D eigenvalue weighted by atomic mass is 10.1. The molecule has 0 bridgehead atoms. The monoisotopic (exact) mass is 448 g/mol. The van der Waals surface area contributed by atoms with Gasteiger partial charge >= 0.3 is 0 Å². The van der Waals surface area contributed by atoms with Crippen molar-refractivity contribution in [2.75, 3.05) is 36.1 Å². The van der Waals surface area contributed by atoms with E-state index in [1.165, 1.54) is 24.3 Å². The van der Waals surface area contributed by atoms with Crippen LogP contribution in [0.5, 0.6) is 5.75 Å². The van der Waals surface area contributed by atoms with Gasteiger partial charge in [-0.15, -0.1) is 0 Å². The molecule has 31 heavy (non-hydrogen) atoms. The van der Waals surface area contributed by atoms with Crippen LogP contribution in [0.4, 0.5) is 10.1 Å². The molecule has 0 saturated carbocycles. The number of benzene rings is 2. The fourth-order valence-corrected chi connectivity index (χ4v) is 5.53. The van der Waals surface area contributed by atoms with Crippen LogP contribution in [0.25, 0.3) is 0 Å². The molecular weight excluding hydrogens is 419 g/mol. The average Bonchev–Trinajstić information content (AvgIpc) is 3.12. The summed E-state index contributed by atoms with van der Waals surface area (Å²) < 4.78 is 42.6. The molecule has 3 rings (SSSR count). The molecule has 0 N–H and O–H groups in total. The number of anilines is 1. The van der Waals surface area contributed by atoms with Crippen molar-refractivity contribution >= 4 is 21.4 Å². The SMILES string of the molecule is CCN(CC)c1ccc(CN(C(=O)COc2ccc(F)cc2)C2CCS(=O)(=O)C2)cc1. The van der Waals surface area contributed by atoms with Gasteiger partial charge in [0, 0.05) is 31.4 Å². The predicted molar refractivity (Wildman–Crippen MR) is 120 cm³/mol. The second-order valence-corrected chi connectivity index (χ2v) is 9.89. The van der Waals surface area contributed by atoms with Crippen molar-refractivity contribution in [1.82, 2.24) is 4.90 Å². The maximum Gasteiger partial charge on any atom is 0.261 e. The van der Waals surface area contributed by atoms with E-state index in [1.807, 2.05) is 24.3 Å². The standard InChI is InChI=1S/C23H29FN2O4S/c1-3-25(4-2)20-9-5-18(6-10-20)15-26(21-13-14-31(28,29)17-21)23(27)16-30-22-11-7-19(24)8-12-22/h5-12,21H,3-4,13-17H2,1-2H3. The van der Waals surface area contributed by atoms with Crippen LogP contribution in [0.15, 0.2) is 48.5 Å². The first-order valence-corrected chi connectivity index (χ1v) is 12.4. The Labute approximate surface area is 183 Å². The summed E-state index contributed by atoms with van der Waals surface area (Å²) in [5, 5.41) is 0. The first-order valence-electron chi connectivity index (χ1n) is 10.5. The molecule has 0 aliphatic carbocycles. The molecule has 2 aromatic rings. The molecule has 6 nitrogen and oxygen atoms in total. The van der Waals surface area contributed by atoms with E-state index in [9.17, 15) is 17.6 Å². The minimum atomic E-state index is -3.15. The van der Waals surface area contributed by atoms with Gasteiger partial charge in [-0.3, -0.25) is 4.79 Å². The van der Waals surface area contributed by atoms with Crippen molar-refractivity contribution < 1.29 is 22.3 Å². The maximum atomic E-state index is 13.1. The highest BCUT2D eigenvalue weighted by molar-refractivity contribution is 7.91. The Morgan fingerprint density at radius 1 is 1.06 bits per heavy atom. The van der Waals surface area contributed by atoms with Crippen molar-refractivity contribution in [2.24, 2.45) is 0 Å². The highest BCUT2D eigenvalue weighted by Gasteiger charge is 2.34. The Kier molecular flexibility index (Phi) is 7.54. The van der Waals surface area contributed by atoms with Crippen LogP contribution < -0.4 is 9.64 Å². The fraction of sp³-hybridized carbons (Fsp3) is 0.435. The molecule has 8 heteroatoms. The van der Waals surface area contributed by atoms with Crippen molar-refractivity contribution in [1.29, 1.82) is 0 Å². The van der Waals surface area contributed by atoms with E-state index in [4.69, 9.17) is 4.74 Å². The number of carbonyl (C=O) groups is 1. The summed E-state index contributed by atoms with van der Waals surface area (Å²) in [5.41, 5.74) is 2.03. The lowest BCUT2D eigenvalue weighted by molar-refractivity contribution is -0.136. The Bertz CT molecular complexity index is 974. The number of amides is 1. The topological polar surface area (TPSA) is 66.9 Å². The summed E-state index contributed by atoms with van der Waals surface area (Å²) in [6.07, 6.45) is 0.419. The second kappa shape index (κ2) is 10.1. The first kappa shape index (κ1) is 23.1. The Balaban J connectivity index is 1.73. The van der Waals surface area contributed by atoms with Crippen LogP contribution in [0, 0.1) is 5.82 Å². The number of nitrogens with zero attached hydrogens (tertiary/aromatic N) is 2. The fourth-order valence-electron chi connectivity index (χ4n) is 3.80. The van der Waals surface area contributed by atoms with Crippen LogP contribution in [-0.4, -0.2) is 56.5 Å². The van der Waals surface area contributed by atoms with Gasteiger partial charge in [0.1, 0.15) is 11.6 Å². The normalized spacial score (nSPS) is 17.3. The Hall–Kier alpha value is -2.61. The van der Waals surface area contributed by atoms with Crippen LogP contribution in [0.3, 0.4) is 0 Å². The van der Waals surface area contributed by atoms with Gasteiger partial charge in [-0.05, 0) is 62.2 Å². The third-order valence-corrected chi connectivity index (χ3v) is 7.31. The summed E-state index contributed by atoms with van der Waals surface area (Å²) in [6.45, 7) is 6.07. The number of ether oxygens (including phenoxy) is 1. The zero-order chi connectivity index (χ0) is 22.4. The molecule has 2 aromatic carbocycles. The van der Waals surface area contributed by atoms with Gasteiger partial charge in [-0.1, -0.05) is 12.1 Å². The summed E-state index contributed by atoms with van der Waals surface area (Å²) in [6, 6.07) is 13.0. The number of carbonyl (C=O) groups excluding carboxylic acids is 1. The van der Waals surface area contributed by atoms with E-state index in [1.54, 1.807) is 4.90 Å². The van der Waals surface area contributed by atoms with Crippen molar-refractivity contribution in [3.05, 3.63) is 59.9 Å². The van der Waals surface area contributed by atoms with Gasteiger partial charge in [-0.2, -0.15) is 0 Å². The summed E-state index contributed by atoms with van der Waals surface area (Å²) >= 11 is 0. The quantitative estimate of drug-likeness (QED) is 0.589. The zero-order valence-electron chi connectivity index (χ0n) is 18.0. The van der Waals surface area contributed by atoms with Gasteiger partial charge in [-0.25, -0.2) is 12.8 Å². The molecular formula is C23H29FN2O4S. The molecule has 1 heterocycles. The minimum absolute atomic E-state index is 0.0349. The molecule has 0 spiro atoms. The van der Waals surface area contributed by atoms with E-state index in [-0.39, 0.29) is 35.9 Å². The van der Waals surface area contributed by atoms with Gasteiger partial charge < -0.3 is 14.5 Å². The van der Waals surface area contributed by atoms with Crippen LogP contribution in [0.1, 0.15) is 25.8 Å². The highest BCUT2D eigenvalue weighted by atomic mass is 32.2. The van der Waals surface area contributed by atoms with Gasteiger partial charge in [0.05, 0.1) is 11.5 Å². The third kappa shape index (κ3) is 6.19. The number of halogens is 1. The molecule has 1 fully saturated rings. The van der Waals surface area contributed by atoms with Gasteiger partial charge in [0.2, 0.25) is 0 Å². The molecule has 0 aromatic heterocycles. The van der Waals surface area contributed by atoms with Crippen LogP contribution >= 0.6 is 0 Å². The van der Waals surface area contributed by atoms with E-state index >= 15 is 0 Å². The third-order valence-electron chi connectivity index (χ3n) is 5.56. The van der Waals surface area contributed by atoms with Crippen LogP contribution in [0.2, 0.25) is 0 Å². The summed E-state index contributed by atoms with van der Waals surface area (Å²) in [7, 11) is -3.15. The number of hydrogen-bond acceptors (Lipinski definition) is 5.